The molecule has 24 heavy (non-hydrogen) atoms. The highest BCUT2D eigenvalue weighted by atomic mass is 19.1. The number of hydrogen-bond acceptors (Lipinski definition) is 5. The van der Waals surface area contributed by atoms with E-state index in [9.17, 15) is 13.6 Å². The Bertz CT molecular complexity index is 691. The Hall–Kier alpha value is -2.61. The molecule has 0 saturated heterocycles. The van der Waals surface area contributed by atoms with Gasteiger partial charge in [0.15, 0.2) is 0 Å². The van der Waals surface area contributed by atoms with E-state index in [0.717, 1.165) is 25.1 Å². The van der Waals surface area contributed by atoms with E-state index in [1.54, 1.807) is 0 Å². The fourth-order valence-electron chi connectivity index (χ4n) is 1.92. The van der Waals surface area contributed by atoms with Gasteiger partial charge in [-0.15, -0.1) is 0 Å². The lowest BCUT2D eigenvalue weighted by molar-refractivity contribution is 0.102. The predicted molar refractivity (Wildman–Crippen MR) is 88.0 cm³/mol. The third-order valence-corrected chi connectivity index (χ3v) is 3.16. The first-order valence-electron chi connectivity index (χ1n) is 7.43. The highest BCUT2D eigenvalue weighted by Gasteiger charge is 2.11. The van der Waals surface area contributed by atoms with Gasteiger partial charge in [-0.1, -0.05) is 0 Å². The van der Waals surface area contributed by atoms with Crippen LogP contribution in [-0.2, 0) is 0 Å². The summed E-state index contributed by atoms with van der Waals surface area (Å²) in [4.78, 5) is 22.2. The van der Waals surface area contributed by atoms with Gasteiger partial charge in [-0.3, -0.25) is 4.79 Å². The molecule has 0 aliphatic carbocycles. The molecule has 6 nitrogen and oxygen atoms in total. The number of nitrogens with zero attached hydrogens (tertiary/aromatic N) is 3. The van der Waals surface area contributed by atoms with E-state index in [2.05, 4.69) is 25.5 Å². The van der Waals surface area contributed by atoms with Gasteiger partial charge in [-0.05, 0) is 39.2 Å². The van der Waals surface area contributed by atoms with Crippen LogP contribution in [-0.4, -0.2) is 48.0 Å². The molecule has 1 aromatic heterocycles. The molecule has 1 amide bonds. The maximum Gasteiger partial charge on any atom is 0.258 e. The number of hydrogen-bond donors (Lipinski definition) is 2. The van der Waals surface area contributed by atoms with Gasteiger partial charge in [0, 0.05) is 25.0 Å². The lowest BCUT2D eigenvalue weighted by Crippen LogP contribution is -2.17. The number of rotatable bonds is 7. The van der Waals surface area contributed by atoms with Crippen LogP contribution in [0.5, 0.6) is 0 Å². The number of anilines is 2. The summed E-state index contributed by atoms with van der Waals surface area (Å²) in [7, 11) is 3.99. The van der Waals surface area contributed by atoms with Crippen molar-refractivity contribution in [3.63, 3.8) is 0 Å². The van der Waals surface area contributed by atoms with Crippen molar-refractivity contribution in [2.75, 3.05) is 37.8 Å². The van der Waals surface area contributed by atoms with Gasteiger partial charge in [-0.25, -0.2) is 18.7 Å². The first kappa shape index (κ1) is 17.7. The van der Waals surface area contributed by atoms with Crippen LogP contribution >= 0.6 is 0 Å². The van der Waals surface area contributed by atoms with Crippen LogP contribution in [0.25, 0.3) is 0 Å². The Morgan fingerprint density at radius 1 is 1.21 bits per heavy atom. The number of halogens is 2. The summed E-state index contributed by atoms with van der Waals surface area (Å²) in [5, 5.41) is 5.40. The SMILES string of the molecule is CN(C)CCCNc1ncc(C(=O)Nc2ccc(F)cc2F)cn1. The van der Waals surface area contributed by atoms with E-state index < -0.39 is 17.5 Å². The maximum atomic E-state index is 13.5. The Balaban J connectivity index is 1.91. The average molecular weight is 335 g/mol. The predicted octanol–water partition coefficient (Wildman–Crippen LogP) is 2.37. The Kier molecular flexibility index (Phi) is 6.14. The standard InChI is InChI=1S/C16H19F2N5O/c1-23(2)7-3-6-19-16-20-9-11(10-21-16)15(24)22-14-5-4-12(17)8-13(14)18/h4-5,8-10H,3,6-7H2,1-2H3,(H,22,24)(H,19,20,21). The van der Waals surface area contributed by atoms with Crippen molar-refractivity contribution in [3.8, 4) is 0 Å². The summed E-state index contributed by atoms with van der Waals surface area (Å²) in [6.07, 6.45) is 3.62. The van der Waals surface area contributed by atoms with Crippen molar-refractivity contribution in [3.05, 3.63) is 47.8 Å². The second-order valence-corrected chi connectivity index (χ2v) is 5.46. The number of amides is 1. The molecule has 0 atom stereocenters. The number of carbonyl (C=O) groups excluding carboxylic acids is 1. The monoisotopic (exact) mass is 335 g/mol. The van der Waals surface area contributed by atoms with Gasteiger partial charge in [0.2, 0.25) is 5.95 Å². The van der Waals surface area contributed by atoms with Crippen LogP contribution in [0.1, 0.15) is 16.8 Å². The highest BCUT2D eigenvalue weighted by Crippen LogP contribution is 2.16. The Labute approximate surface area is 138 Å². The molecular weight excluding hydrogens is 316 g/mol. The van der Waals surface area contributed by atoms with Crippen LogP contribution in [0.3, 0.4) is 0 Å². The van der Waals surface area contributed by atoms with E-state index in [4.69, 9.17) is 0 Å². The van der Waals surface area contributed by atoms with E-state index >= 15 is 0 Å². The zero-order chi connectivity index (χ0) is 17.5. The molecule has 0 bridgehead atoms. The molecule has 1 aromatic carbocycles. The Morgan fingerprint density at radius 3 is 2.54 bits per heavy atom. The molecule has 0 spiro atoms. The third kappa shape index (κ3) is 5.24. The zero-order valence-electron chi connectivity index (χ0n) is 13.5. The molecule has 0 fully saturated rings. The van der Waals surface area contributed by atoms with Crippen molar-refractivity contribution in [1.82, 2.24) is 14.9 Å². The molecule has 0 aliphatic rings. The molecule has 0 radical (unpaired) electrons. The van der Waals surface area contributed by atoms with Crippen molar-refractivity contribution < 1.29 is 13.6 Å². The molecular formula is C16H19F2N5O. The number of nitrogens with one attached hydrogen (secondary N) is 2. The lowest BCUT2D eigenvalue weighted by atomic mass is 10.2. The molecule has 0 aliphatic heterocycles. The minimum absolute atomic E-state index is 0.104. The quantitative estimate of drug-likeness (QED) is 0.760. The fourth-order valence-corrected chi connectivity index (χ4v) is 1.92. The van der Waals surface area contributed by atoms with Crippen molar-refractivity contribution in [2.24, 2.45) is 0 Å². The molecule has 0 saturated carbocycles. The van der Waals surface area contributed by atoms with Gasteiger partial charge in [0.05, 0.1) is 11.3 Å². The van der Waals surface area contributed by atoms with Gasteiger partial charge >= 0.3 is 0 Å². The van der Waals surface area contributed by atoms with Crippen LogP contribution in [0.4, 0.5) is 20.4 Å². The smallest absolute Gasteiger partial charge is 0.258 e. The highest BCUT2D eigenvalue weighted by molar-refractivity contribution is 6.03. The summed E-state index contributed by atoms with van der Waals surface area (Å²) in [5.41, 5.74) is 0.0739. The number of carbonyl (C=O) groups is 1. The van der Waals surface area contributed by atoms with Gasteiger partial charge < -0.3 is 15.5 Å². The molecule has 1 heterocycles. The van der Waals surface area contributed by atoms with Crippen molar-refractivity contribution >= 4 is 17.5 Å². The minimum atomic E-state index is -0.844. The second kappa shape index (κ2) is 8.30. The Morgan fingerprint density at radius 2 is 1.92 bits per heavy atom. The molecule has 2 aromatic rings. The van der Waals surface area contributed by atoms with Crippen LogP contribution < -0.4 is 10.6 Å². The minimum Gasteiger partial charge on any atom is -0.354 e. The maximum absolute atomic E-state index is 13.5. The molecule has 0 unspecified atom stereocenters. The van der Waals surface area contributed by atoms with Gasteiger partial charge in [0.1, 0.15) is 11.6 Å². The van der Waals surface area contributed by atoms with E-state index in [1.807, 2.05) is 14.1 Å². The third-order valence-electron chi connectivity index (χ3n) is 3.16. The average Bonchev–Trinajstić information content (AvgIpc) is 2.54. The summed E-state index contributed by atoms with van der Waals surface area (Å²) in [6, 6.07) is 2.92. The van der Waals surface area contributed by atoms with Crippen LogP contribution in [0, 0.1) is 11.6 Å². The van der Waals surface area contributed by atoms with E-state index in [1.165, 1.54) is 12.4 Å². The molecule has 8 heteroatoms. The summed E-state index contributed by atoms with van der Waals surface area (Å²) in [6.45, 7) is 1.65. The lowest BCUT2D eigenvalue weighted by Gasteiger charge is -2.10. The number of benzene rings is 1. The second-order valence-electron chi connectivity index (χ2n) is 5.46. The topological polar surface area (TPSA) is 70.2 Å². The normalized spacial score (nSPS) is 10.7. The zero-order valence-corrected chi connectivity index (χ0v) is 13.5. The van der Waals surface area contributed by atoms with E-state index in [-0.39, 0.29) is 11.3 Å². The molecule has 2 rings (SSSR count). The molecule has 128 valence electrons. The summed E-state index contributed by atoms with van der Waals surface area (Å²) in [5.74, 6) is -1.71. The summed E-state index contributed by atoms with van der Waals surface area (Å²) >= 11 is 0. The molecule has 2 N–H and O–H groups in total. The fraction of sp³-hybridized carbons (Fsp3) is 0.312. The largest absolute Gasteiger partial charge is 0.354 e. The van der Waals surface area contributed by atoms with Crippen molar-refractivity contribution in [1.29, 1.82) is 0 Å². The first-order chi connectivity index (χ1) is 11.5. The number of aromatic nitrogens is 2. The van der Waals surface area contributed by atoms with Crippen LogP contribution in [0.2, 0.25) is 0 Å². The van der Waals surface area contributed by atoms with Crippen LogP contribution in [0.15, 0.2) is 30.6 Å². The van der Waals surface area contributed by atoms with E-state index in [0.29, 0.717) is 18.6 Å². The first-order valence-corrected chi connectivity index (χ1v) is 7.43. The van der Waals surface area contributed by atoms with Crippen molar-refractivity contribution in [2.45, 2.75) is 6.42 Å². The van der Waals surface area contributed by atoms with Gasteiger partial charge in [-0.2, -0.15) is 0 Å². The summed E-state index contributed by atoms with van der Waals surface area (Å²) < 4.78 is 26.4. The van der Waals surface area contributed by atoms with Gasteiger partial charge in [0.25, 0.3) is 5.91 Å².